The first-order valence-corrected chi connectivity index (χ1v) is 7.91. The van der Waals surface area contributed by atoms with Crippen molar-refractivity contribution in [1.82, 2.24) is 0 Å². The lowest BCUT2D eigenvalue weighted by Gasteiger charge is -2.30. The van der Waals surface area contributed by atoms with Gasteiger partial charge in [0.25, 0.3) is 0 Å². The lowest BCUT2D eigenvalue weighted by molar-refractivity contribution is 0.190. The van der Waals surface area contributed by atoms with Crippen molar-refractivity contribution in [3.8, 4) is 0 Å². The first kappa shape index (κ1) is 16.3. The van der Waals surface area contributed by atoms with Crippen molar-refractivity contribution < 1.29 is 4.74 Å². The second kappa shape index (κ2) is 8.42. The van der Waals surface area contributed by atoms with Gasteiger partial charge >= 0.3 is 0 Å². The Morgan fingerprint density at radius 3 is 2.22 bits per heavy atom. The summed E-state index contributed by atoms with van der Waals surface area (Å²) in [6.07, 6.45) is 3.11. The second-order valence-electron chi connectivity index (χ2n) is 4.50. The van der Waals surface area contributed by atoms with Gasteiger partial charge in [-0.15, -0.1) is 23.2 Å². The molecule has 0 aliphatic rings. The zero-order valence-electron chi connectivity index (χ0n) is 10.6. The lowest BCUT2D eigenvalue weighted by atomic mass is 9.80. The van der Waals surface area contributed by atoms with Crippen molar-refractivity contribution in [3.63, 3.8) is 0 Å². The van der Waals surface area contributed by atoms with Crippen LogP contribution in [0.5, 0.6) is 0 Å². The van der Waals surface area contributed by atoms with Crippen LogP contribution in [0.2, 0.25) is 0 Å². The third-order valence-corrected chi connectivity index (χ3v) is 4.77. The second-order valence-corrected chi connectivity index (χ2v) is 5.95. The maximum absolute atomic E-state index is 6.18. The Morgan fingerprint density at radius 1 is 1.11 bits per heavy atom. The Morgan fingerprint density at radius 2 is 1.72 bits per heavy atom. The van der Waals surface area contributed by atoms with Gasteiger partial charge in [0, 0.05) is 35.4 Å². The van der Waals surface area contributed by atoms with Crippen LogP contribution in [-0.4, -0.2) is 25.5 Å². The highest BCUT2D eigenvalue weighted by Crippen LogP contribution is 2.33. The molecule has 0 radical (unpaired) electrons. The van der Waals surface area contributed by atoms with E-state index in [0.29, 0.717) is 11.8 Å². The summed E-state index contributed by atoms with van der Waals surface area (Å²) in [5, 5.41) is 0. The molecule has 1 nitrogen and oxygen atoms in total. The molecule has 0 saturated carbocycles. The molecular formula is C14H19BrCl2O. The molecular weight excluding hydrogens is 335 g/mol. The van der Waals surface area contributed by atoms with E-state index in [1.807, 2.05) is 12.1 Å². The number of hydrogen-bond acceptors (Lipinski definition) is 1. The summed E-state index contributed by atoms with van der Waals surface area (Å²) >= 11 is 15.8. The predicted molar refractivity (Wildman–Crippen MR) is 83.0 cm³/mol. The van der Waals surface area contributed by atoms with Crippen molar-refractivity contribution in [3.05, 3.63) is 34.3 Å². The van der Waals surface area contributed by atoms with Gasteiger partial charge in [0.15, 0.2) is 0 Å². The summed E-state index contributed by atoms with van der Waals surface area (Å²) in [6, 6.07) is 8.28. The molecule has 0 atom stereocenters. The molecule has 1 rings (SSSR count). The van der Waals surface area contributed by atoms with Crippen LogP contribution in [0.3, 0.4) is 0 Å². The van der Waals surface area contributed by atoms with Gasteiger partial charge < -0.3 is 4.74 Å². The van der Waals surface area contributed by atoms with Gasteiger partial charge in [0.1, 0.15) is 0 Å². The summed E-state index contributed by atoms with van der Waals surface area (Å²) in [5.41, 5.74) is 1.09. The smallest absolute Gasteiger partial charge is 0.0462 e. The van der Waals surface area contributed by atoms with Crippen LogP contribution >= 0.6 is 39.1 Å². The predicted octanol–water partition coefficient (Wildman–Crippen LogP) is 4.98. The lowest BCUT2D eigenvalue weighted by Crippen LogP contribution is -2.30. The first-order valence-electron chi connectivity index (χ1n) is 6.05. The van der Waals surface area contributed by atoms with Crippen LogP contribution < -0.4 is 0 Å². The van der Waals surface area contributed by atoms with Crippen LogP contribution in [0.25, 0.3) is 0 Å². The minimum absolute atomic E-state index is 0.127. The molecule has 18 heavy (non-hydrogen) atoms. The zero-order chi connectivity index (χ0) is 13.4. The SMILES string of the molecule is COCCCCC(CCl)(CCl)c1ccc(Br)cc1. The van der Waals surface area contributed by atoms with Gasteiger partial charge in [0.2, 0.25) is 0 Å². The standard InChI is InChI=1S/C14H19BrCl2O/c1-18-9-3-2-8-14(10-16,11-17)12-4-6-13(15)7-5-12/h4-7H,2-3,8-11H2,1H3. The highest BCUT2D eigenvalue weighted by atomic mass is 79.9. The molecule has 0 aromatic heterocycles. The van der Waals surface area contributed by atoms with Crippen LogP contribution in [0.15, 0.2) is 28.7 Å². The summed E-state index contributed by atoms with van der Waals surface area (Å²) in [5.74, 6) is 1.09. The topological polar surface area (TPSA) is 9.23 Å². The normalized spacial score (nSPS) is 11.8. The van der Waals surface area contributed by atoms with Gasteiger partial charge in [-0.05, 0) is 30.5 Å². The fourth-order valence-electron chi connectivity index (χ4n) is 1.98. The average molecular weight is 354 g/mol. The van der Waals surface area contributed by atoms with E-state index < -0.39 is 0 Å². The Kier molecular flexibility index (Phi) is 7.62. The number of methoxy groups -OCH3 is 1. The first-order chi connectivity index (χ1) is 8.68. The molecule has 0 aliphatic carbocycles. The van der Waals surface area contributed by atoms with Crippen LogP contribution in [0, 0.1) is 0 Å². The maximum Gasteiger partial charge on any atom is 0.0462 e. The number of benzene rings is 1. The average Bonchev–Trinajstić information content (AvgIpc) is 2.41. The summed E-state index contributed by atoms with van der Waals surface area (Å²) in [6.45, 7) is 0.793. The van der Waals surface area contributed by atoms with E-state index in [-0.39, 0.29) is 5.41 Å². The number of unbranched alkanes of at least 4 members (excludes halogenated alkanes) is 1. The van der Waals surface area contributed by atoms with E-state index in [4.69, 9.17) is 27.9 Å². The molecule has 0 unspecified atom stereocenters. The van der Waals surface area contributed by atoms with Crippen molar-refractivity contribution in [2.45, 2.75) is 24.7 Å². The van der Waals surface area contributed by atoms with Gasteiger partial charge in [-0.1, -0.05) is 34.5 Å². The molecule has 0 amide bonds. The van der Waals surface area contributed by atoms with E-state index >= 15 is 0 Å². The summed E-state index contributed by atoms with van der Waals surface area (Å²) < 4.78 is 6.15. The molecule has 0 saturated heterocycles. The largest absolute Gasteiger partial charge is 0.385 e. The summed E-state index contributed by atoms with van der Waals surface area (Å²) in [7, 11) is 1.73. The third-order valence-electron chi connectivity index (χ3n) is 3.22. The molecule has 0 N–H and O–H groups in total. The van der Waals surface area contributed by atoms with E-state index in [9.17, 15) is 0 Å². The molecule has 0 fully saturated rings. The molecule has 4 heteroatoms. The minimum Gasteiger partial charge on any atom is -0.385 e. The Hall–Kier alpha value is 0.240. The number of halogens is 3. The number of alkyl halides is 2. The molecule has 0 aliphatic heterocycles. The molecule has 1 aromatic carbocycles. The number of ether oxygens (including phenoxy) is 1. The van der Waals surface area contributed by atoms with Crippen molar-refractivity contribution >= 4 is 39.1 Å². The molecule has 0 heterocycles. The molecule has 0 bridgehead atoms. The van der Waals surface area contributed by atoms with E-state index in [1.54, 1.807) is 7.11 Å². The Bertz CT molecular complexity index is 336. The monoisotopic (exact) mass is 352 g/mol. The highest BCUT2D eigenvalue weighted by Gasteiger charge is 2.29. The Balaban J connectivity index is 2.75. The van der Waals surface area contributed by atoms with Crippen LogP contribution in [0.4, 0.5) is 0 Å². The van der Waals surface area contributed by atoms with Crippen LogP contribution in [0.1, 0.15) is 24.8 Å². The maximum atomic E-state index is 6.18. The van der Waals surface area contributed by atoms with E-state index in [1.165, 1.54) is 5.56 Å². The zero-order valence-corrected chi connectivity index (χ0v) is 13.7. The molecule has 102 valence electrons. The van der Waals surface area contributed by atoms with Gasteiger partial charge in [-0.2, -0.15) is 0 Å². The molecule has 1 aromatic rings. The number of hydrogen-bond donors (Lipinski definition) is 0. The Labute approximate surface area is 128 Å². The quantitative estimate of drug-likeness (QED) is 0.473. The van der Waals surface area contributed by atoms with E-state index in [0.717, 1.165) is 30.3 Å². The van der Waals surface area contributed by atoms with Gasteiger partial charge in [-0.25, -0.2) is 0 Å². The fourth-order valence-corrected chi connectivity index (χ4v) is 3.11. The third kappa shape index (κ3) is 4.41. The summed E-state index contributed by atoms with van der Waals surface area (Å²) in [4.78, 5) is 0. The van der Waals surface area contributed by atoms with Crippen molar-refractivity contribution in [2.24, 2.45) is 0 Å². The van der Waals surface area contributed by atoms with E-state index in [2.05, 4.69) is 28.1 Å². The van der Waals surface area contributed by atoms with Gasteiger partial charge in [0.05, 0.1) is 0 Å². The minimum atomic E-state index is -0.127. The highest BCUT2D eigenvalue weighted by molar-refractivity contribution is 9.10. The fraction of sp³-hybridized carbons (Fsp3) is 0.571. The van der Waals surface area contributed by atoms with Crippen molar-refractivity contribution in [1.29, 1.82) is 0 Å². The molecule has 0 spiro atoms. The van der Waals surface area contributed by atoms with Crippen LogP contribution in [-0.2, 0) is 10.2 Å². The number of rotatable bonds is 8. The van der Waals surface area contributed by atoms with Gasteiger partial charge in [-0.3, -0.25) is 0 Å². The van der Waals surface area contributed by atoms with Crippen molar-refractivity contribution in [2.75, 3.05) is 25.5 Å².